The third-order valence-electron chi connectivity index (χ3n) is 4.64. The summed E-state index contributed by atoms with van der Waals surface area (Å²) in [6, 6.07) is -0.0461. The van der Waals surface area contributed by atoms with E-state index in [1.165, 1.54) is 4.90 Å². The van der Waals surface area contributed by atoms with Crippen molar-refractivity contribution >= 4 is 29.7 Å². The molecule has 0 aromatic rings. The fraction of sp³-hybridized carbons (Fsp3) is 0.800. The summed E-state index contributed by atoms with van der Waals surface area (Å²) in [6.07, 6.45) is 2.10. The van der Waals surface area contributed by atoms with Crippen LogP contribution in [0, 0.1) is 5.92 Å². The van der Waals surface area contributed by atoms with Gasteiger partial charge in [-0.15, -0.1) is 0 Å². The molecule has 0 aromatic heterocycles. The van der Waals surface area contributed by atoms with Gasteiger partial charge in [-0.2, -0.15) is 11.8 Å². The molecule has 2 aliphatic heterocycles. The van der Waals surface area contributed by atoms with E-state index in [4.69, 9.17) is 0 Å². The highest BCUT2D eigenvalue weighted by Crippen LogP contribution is 2.29. The summed E-state index contributed by atoms with van der Waals surface area (Å²) in [5.41, 5.74) is -1.11. The van der Waals surface area contributed by atoms with Crippen molar-refractivity contribution in [3.8, 4) is 0 Å². The van der Waals surface area contributed by atoms with Crippen LogP contribution in [0.3, 0.4) is 0 Å². The van der Waals surface area contributed by atoms with Crippen LogP contribution in [0.5, 0.6) is 0 Å². The zero-order valence-electron chi connectivity index (χ0n) is 13.7. The molecule has 0 aliphatic carbocycles. The van der Waals surface area contributed by atoms with Gasteiger partial charge in [-0.05, 0) is 37.2 Å². The van der Waals surface area contributed by atoms with E-state index in [0.717, 1.165) is 11.5 Å². The number of carboxylic acid groups (broad SMARTS) is 1. The van der Waals surface area contributed by atoms with Crippen molar-refractivity contribution in [3.63, 3.8) is 0 Å². The monoisotopic (exact) mass is 343 g/mol. The Morgan fingerprint density at radius 3 is 2.22 bits per heavy atom. The molecule has 0 unspecified atom stereocenters. The SMILES string of the molecule is CN(C)C(=O)N1CCC(C(=O)NC2(C(=O)O)CCSCC2)CC1. The minimum absolute atomic E-state index is 0.0461. The summed E-state index contributed by atoms with van der Waals surface area (Å²) in [6.45, 7) is 1.07. The van der Waals surface area contributed by atoms with E-state index in [2.05, 4.69) is 5.32 Å². The largest absolute Gasteiger partial charge is 0.480 e. The lowest BCUT2D eigenvalue weighted by molar-refractivity contribution is -0.149. The second-order valence-electron chi connectivity index (χ2n) is 6.43. The van der Waals surface area contributed by atoms with Gasteiger partial charge in [-0.1, -0.05) is 0 Å². The number of carbonyl (C=O) groups excluding carboxylic acids is 2. The first-order valence-corrected chi connectivity index (χ1v) is 9.10. The molecule has 23 heavy (non-hydrogen) atoms. The number of urea groups is 1. The fourth-order valence-electron chi connectivity index (χ4n) is 3.07. The molecular weight excluding hydrogens is 318 g/mol. The van der Waals surface area contributed by atoms with Gasteiger partial charge in [0, 0.05) is 33.1 Å². The highest BCUT2D eigenvalue weighted by molar-refractivity contribution is 7.99. The van der Waals surface area contributed by atoms with Crippen molar-refractivity contribution < 1.29 is 19.5 Å². The maximum absolute atomic E-state index is 12.5. The Balaban J connectivity index is 1.92. The first-order valence-electron chi connectivity index (χ1n) is 7.95. The standard InChI is InChI=1S/C15H25N3O4S/c1-17(2)14(22)18-7-3-11(4-8-18)12(19)16-15(13(20)21)5-9-23-10-6-15/h11H,3-10H2,1-2H3,(H,16,19)(H,20,21). The molecule has 2 aliphatic rings. The maximum atomic E-state index is 12.5. The van der Waals surface area contributed by atoms with E-state index < -0.39 is 11.5 Å². The molecule has 0 spiro atoms. The molecule has 0 aromatic carbocycles. The number of thioether (sulfide) groups is 1. The number of rotatable bonds is 3. The van der Waals surface area contributed by atoms with Crippen LogP contribution in [0.4, 0.5) is 4.79 Å². The van der Waals surface area contributed by atoms with Gasteiger partial charge in [0.25, 0.3) is 0 Å². The zero-order valence-corrected chi connectivity index (χ0v) is 14.5. The Labute approximate surface area is 140 Å². The Hall–Kier alpha value is -1.44. The average molecular weight is 343 g/mol. The smallest absolute Gasteiger partial charge is 0.329 e. The second kappa shape index (κ2) is 7.42. The van der Waals surface area contributed by atoms with Gasteiger partial charge in [0.2, 0.25) is 5.91 Å². The lowest BCUT2D eigenvalue weighted by atomic mass is 9.89. The van der Waals surface area contributed by atoms with Crippen LogP contribution in [-0.2, 0) is 9.59 Å². The summed E-state index contributed by atoms with van der Waals surface area (Å²) >= 11 is 1.72. The molecule has 2 saturated heterocycles. The number of aliphatic carboxylic acids is 1. The van der Waals surface area contributed by atoms with Crippen molar-refractivity contribution in [1.82, 2.24) is 15.1 Å². The predicted octanol–water partition coefficient (Wildman–Crippen LogP) is 0.847. The van der Waals surface area contributed by atoms with Gasteiger partial charge < -0.3 is 20.2 Å². The summed E-state index contributed by atoms with van der Waals surface area (Å²) in [5.74, 6) is 0.166. The van der Waals surface area contributed by atoms with E-state index in [-0.39, 0.29) is 17.9 Å². The van der Waals surface area contributed by atoms with Crippen molar-refractivity contribution in [2.75, 3.05) is 38.7 Å². The molecule has 7 nitrogen and oxygen atoms in total. The molecule has 2 rings (SSSR count). The molecule has 0 saturated carbocycles. The van der Waals surface area contributed by atoms with Crippen molar-refractivity contribution in [2.24, 2.45) is 5.92 Å². The molecule has 2 fully saturated rings. The topological polar surface area (TPSA) is 90.0 Å². The van der Waals surface area contributed by atoms with Crippen LogP contribution < -0.4 is 5.32 Å². The first-order chi connectivity index (χ1) is 10.9. The van der Waals surface area contributed by atoms with Crippen LogP contribution in [0.1, 0.15) is 25.7 Å². The molecule has 0 bridgehead atoms. The number of piperidine rings is 1. The Morgan fingerprint density at radius 2 is 1.74 bits per heavy atom. The van der Waals surface area contributed by atoms with Crippen molar-refractivity contribution in [1.29, 1.82) is 0 Å². The van der Waals surface area contributed by atoms with E-state index >= 15 is 0 Å². The number of carboxylic acids is 1. The number of hydrogen-bond donors (Lipinski definition) is 2. The second-order valence-corrected chi connectivity index (χ2v) is 7.65. The number of amides is 3. The fourth-order valence-corrected chi connectivity index (χ4v) is 4.26. The number of carbonyl (C=O) groups is 3. The van der Waals surface area contributed by atoms with Gasteiger partial charge in [0.1, 0.15) is 5.54 Å². The Morgan fingerprint density at radius 1 is 1.17 bits per heavy atom. The minimum Gasteiger partial charge on any atom is -0.480 e. The normalized spacial score (nSPS) is 21.6. The van der Waals surface area contributed by atoms with Crippen LogP contribution in [-0.4, -0.2) is 77.0 Å². The lowest BCUT2D eigenvalue weighted by Crippen LogP contribution is -2.58. The predicted molar refractivity (Wildman–Crippen MR) is 88.4 cm³/mol. The van der Waals surface area contributed by atoms with E-state index in [1.807, 2.05) is 0 Å². The van der Waals surface area contributed by atoms with Gasteiger partial charge >= 0.3 is 12.0 Å². The maximum Gasteiger partial charge on any atom is 0.329 e. The third kappa shape index (κ3) is 4.10. The molecule has 2 heterocycles. The lowest BCUT2D eigenvalue weighted by Gasteiger charge is -2.37. The minimum atomic E-state index is -1.11. The number of likely N-dealkylation sites (tertiary alicyclic amines) is 1. The number of hydrogen-bond acceptors (Lipinski definition) is 4. The van der Waals surface area contributed by atoms with Crippen molar-refractivity contribution in [2.45, 2.75) is 31.2 Å². The van der Waals surface area contributed by atoms with E-state index in [9.17, 15) is 19.5 Å². The zero-order chi connectivity index (χ0) is 17.0. The van der Waals surface area contributed by atoms with E-state index in [0.29, 0.717) is 38.8 Å². The summed E-state index contributed by atoms with van der Waals surface area (Å²) in [5, 5.41) is 12.3. The van der Waals surface area contributed by atoms with Crippen LogP contribution in [0.15, 0.2) is 0 Å². The van der Waals surface area contributed by atoms with Crippen LogP contribution in [0.25, 0.3) is 0 Å². The average Bonchev–Trinajstić information content (AvgIpc) is 2.55. The van der Waals surface area contributed by atoms with Gasteiger partial charge in [-0.3, -0.25) is 4.79 Å². The first kappa shape index (κ1) is 17.9. The molecule has 0 atom stereocenters. The highest BCUT2D eigenvalue weighted by Gasteiger charge is 2.42. The van der Waals surface area contributed by atoms with Crippen LogP contribution >= 0.6 is 11.8 Å². The summed E-state index contributed by atoms with van der Waals surface area (Å²) in [4.78, 5) is 39.3. The molecule has 8 heteroatoms. The number of nitrogens with one attached hydrogen (secondary N) is 1. The molecular formula is C15H25N3O4S. The van der Waals surface area contributed by atoms with Gasteiger partial charge in [0.15, 0.2) is 0 Å². The molecule has 0 radical (unpaired) electrons. The van der Waals surface area contributed by atoms with Crippen molar-refractivity contribution in [3.05, 3.63) is 0 Å². The Bertz CT molecular complexity index is 469. The van der Waals surface area contributed by atoms with Gasteiger partial charge in [0.05, 0.1) is 0 Å². The molecule has 130 valence electrons. The number of nitrogens with zero attached hydrogens (tertiary/aromatic N) is 2. The molecule has 3 amide bonds. The molecule has 2 N–H and O–H groups in total. The highest BCUT2D eigenvalue weighted by atomic mass is 32.2. The summed E-state index contributed by atoms with van der Waals surface area (Å²) in [7, 11) is 3.41. The third-order valence-corrected chi connectivity index (χ3v) is 5.62. The van der Waals surface area contributed by atoms with Gasteiger partial charge in [-0.25, -0.2) is 9.59 Å². The van der Waals surface area contributed by atoms with E-state index in [1.54, 1.807) is 30.8 Å². The Kier molecular flexibility index (Phi) is 5.78. The summed E-state index contributed by atoms with van der Waals surface area (Å²) < 4.78 is 0. The quantitative estimate of drug-likeness (QED) is 0.793. The van der Waals surface area contributed by atoms with Crippen LogP contribution in [0.2, 0.25) is 0 Å².